The van der Waals surface area contributed by atoms with E-state index in [-0.39, 0.29) is 43.4 Å². The summed E-state index contributed by atoms with van der Waals surface area (Å²) in [4.78, 5) is 20.4. The summed E-state index contributed by atoms with van der Waals surface area (Å²) in [6.07, 6.45) is 3.14. The number of amides is 1. The highest BCUT2D eigenvalue weighted by Gasteiger charge is 2.52. The van der Waals surface area contributed by atoms with Crippen molar-refractivity contribution in [2.24, 2.45) is 0 Å². The summed E-state index contributed by atoms with van der Waals surface area (Å²) in [6, 6.07) is 7.70. The second-order valence-electron chi connectivity index (χ2n) is 5.65. The highest BCUT2D eigenvalue weighted by molar-refractivity contribution is 7.93. The third-order valence-corrected chi connectivity index (χ3v) is 6.83. The Morgan fingerprint density at radius 3 is 2.23 bits per heavy atom. The number of carbonyl (C=O) groups is 1. The van der Waals surface area contributed by atoms with Crippen molar-refractivity contribution in [2.45, 2.75) is 22.5 Å². The minimum absolute atomic E-state index is 0. The number of hydroxylamine groups is 1. The number of carbonyl (C=O) groups excluding carboxylic acids is 1. The summed E-state index contributed by atoms with van der Waals surface area (Å²) in [7, 11) is -4.03. The van der Waals surface area contributed by atoms with Gasteiger partial charge in [-0.05, 0) is 43.2 Å². The number of benzene rings is 1. The Balaban J connectivity index is 0.00000243. The van der Waals surface area contributed by atoms with Crippen LogP contribution in [0.25, 0.3) is 11.4 Å². The van der Waals surface area contributed by atoms with Crippen molar-refractivity contribution < 1.29 is 23.2 Å². The molecule has 26 heavy (non-hydrogen) atoms. The smallest absolute Gasteiger partial charge is 0.265 e. The molecule has 2 heterocycles. The molecule has 1 aromatic heterocycles. The Bertz CT molecular complexity index is 853. The number of rotatable bonds is 4. The van der Waals surface area contributed by atoms with Gasteiger partial charge in [0.05, 0.1) is 4.90 Å². The molecular formula is C16H18ClN3O5S. The molecule has 1 amide bonds. The van der Waals surface area contributed by atoms with E-state index < -0.39 is 20.5 Å². The molecule has 0 atom stereocenters. The molecule has 8 nitrogen and oxygen atoms in total. The first-order chi connectivity index (χ1) is 12.0. The molecule has 0 aliphatic carbocycles. The molecule has 3 rings (SSSR count). The normalized spacial score (nSPS) is 16.3. The van der Waals surface area contributed by atoms with Crippen LogP contribution in [0.3, 0.4) is 0 Å². The molecule has 1 aliphatic heterocycles. The van der Waals surface area contributed by atoms with E-state index in [1.54, 1.807) is 30.6 Å². The lowest BCUT2D eigenvalue weighted by molar-refractivity contribution is -0.134. The Labute approximate surface area is 156 Å². The van der Waals surface area contributed by atoms with Gasteiger partial charge in [-0.2, -0.15) is 0 Å². The number of sulfone groups is 1. The largest absolute Gasteiger partial charge is 0.381 e. The lowest BCUT2D eigenvalue weighted by Crippen LogP contribution is -2.54. The maximum atomic E-state index is 13.1. The van der Waals surface area contributed by atoms with E-state index >= 15 is 0 Å². The van der Waals surface area contributed by atoms with Crippen LogP contribution in [0.5, 0.6) is 0 Å². The van der Waals surface area contributed by atoms with Crippen LogP contribution in [0.1, 0.15) is 12.8 Å². The Hall–Kier alpha value is -2.07. The van der Waals surface area contributed by atoms with E-state index in [9.17, 15) is 13.2 Å². The number of hydrogen-bond acceptors (Lipinski definition) is 7. The topological polar surface area (TPSA) is 118 Å². The van der Waals surface area contributed by atoms with E-state index in [4.69, 9.17) is 9.94 Å². The van der Waals surface area contributed by atoms with Gasteiger partial charge in [0.2, 0.25) is 0 Å². The summed E-state index contributed by atoms with van der Waals surface area (Å²) in [5.41, 5.74) is 2.15. The van der Waals surface area contributed by atoms with Crippen LogP contribution < -0.4 is 5.48 Å². The molecule has 1 aromatic carbocycles. The summed E-state index contributed by atoms with van der Waals surface area (Å²) in [5.74, 6) is -0.466. The van der Waals surface area contributed by atoms with Crippen molar-refractivity contribution in [3.05, 3.63) is 42.7 Å². The maximum Gasteiger partial charge on any atom is 0.265 e. The van der Waals surface area contributed by atoms with E-state index in [1.807, 2.05) is 0 Å². The third kappa shape index (κ3) is 3.43. The van der Waals surface area contributed by atoms with Gasteiger partial charge in [0.25, 0.3) is 5.91 Å². The minimum atomic E-state index is -4.03. The highest BCUT2D eigenvalue weighted by atomic mass is 35.5. The summed E-state index contributed by atoms with van der Waals surface area (Å²) in [6.45, 7) is 0.255. The van der Waals surface area contributed by atoms with Gasteiger partial charge in [-0.15, -0.1) is 12.4 Å². The molecule has 0 unspecified atom stereocenters. The second-order valence-corrected chi connectivity index (χ2v) is 7.91. The van der Waals surface area contributed by atoms with E-state index in [2.05, 4.69) is 9.97 Å². The highest BCUT2D eigenvalue weighted by Crippen LogP contribution is 2.35. The Kier molecular flexibility index (Phi) is 6.30. The minimum Gasteiger partial charge on any atom is -0.381 e. The molecule has 2 aromatic rings. The SMILES string of the molecule is Cl.O=C(NO)C1(S(=O)(=O)c2ccc(-c3ncccn3)cc2)CCOCC1. The molecule has 1 saturated heterocycles. The standard InChI is InChI=1S/C16H17N3O5S.ClH/c20-15(19-21)16(6-10-24-11-7-16)25(22,23)13-4-2-12(3-5-13)14-17-8-1-9-18-14;/h1-5,8-9,21H,6-7,10-11H2,(H,19,20);1H. The Morgan fingerprint density at radius 1 is 1.12 bits per heavy atom. The average molecular weight is 400 g/mol. The van der Waals surface area contributed by atoms with Crippen LogP contribution in [0.15, 0.2) is 47.6 Å². The van der Waals surface area contributed by atoms with Crippen LogP contribution in [-0.2, 0) is 19.4 Å². The van der Waals surface area contributed by atoms with Crippen LogP contribution in [-0.4, -0.2) is 47.5 Å². The molecule has 0 saturated carbocycles. The van der Waals surface area contributed by atoms with Crippen molar-refractivity contribution in [2.75, 3.05) is 13.2 Å². The molecular weight excluding hydrogens is 382 g/mol. The molecule has 0 bridgehead atoms. The maximum absolute atomic E-state index is 13.1. The zero-order chi connectivity index (χ0) is 17.9. The first kappa shape index (κ1) is 20.2. The number of ether oxygens (including phenoxy) is 1. The van der Waals surface area contributed by atoms with Gasteiger partial charge < -0.3 is 4.74 Å². The number of aromatic nitrogens is 2. The molecule has 0 spiro atoms. The molecule has 0 radical (unpaired) electrons. The quantitative estimate of drug-likeness (QED) is 0.589. The fraction of sp³-hybridized carbons (Fsp3) is 0.312. The second kappa shape index (κ2) is 8.09. The van der Waals surface area contributed by atoms with Crippen molar-refractivity contribution in [3.63, 3.8) is 0 Å². The van der Waals surface area contributed by atoms with E-state index in [1.165, 1.54) is 17.6 Å². The van der Waals surface area contributed by atoms with Crippen molar-refractivity contribution >= 4 is 28.2 Å². The number of hydrogen-bond donors (Lipinski definition) is 2. The number of halogens is 1. The number of nitrogens with one attached hydrogen (secondary N) is 1. The monoisotopic (exact) mass is 399 g/mol. The van der Waals surface area contributed by atoms with Gasteiger partial charge in [-0.25, -0.2) is 23.9 Å². The lowest BCUT2D eigenvalue weighted by atomic mass is 9.98. The summed E-state index contributed by atoms with van der Waals surface area (Å²) in [5, 5.41) is 9.03. The lowest BCUT2D eigenvalue weighted by Gasteiger charge is -2.34. The third-order valence-electron chi connectivity index (χ3n) is 4.32. The van der Waals surface area contributed by atoms with Crippen molar-refractivity contribution in [3.8, 4) is 11.4 Å². The first-order valence-electron chi connectivity index (χ1n) is 7.66. The van der Waals surface area contributed by atoms with Gasteiger partial charge in [-0.3, -0.25) is 10.0 Å². The molecule has 1 aliphatic rings. The van der Waals surface area contributed by atoms with Gasteiger partial charge in [0.1, 0.15) is 0 Å². The van der Waals surface area contributed by atoms with Gasteiger partial charge in [-0.1, -0.05) is 0 Å². The van der Waals surface area contributed by atoms with Crippen molar-refractivity contribution in [1.29, 1.82) is 0 Å². The van der Waals surface area contributed by atoms with Crippen LogP contribution >= 0.6 is 12.4 Å². The van der Waals surface area contributed by atoms with Crippen LogP contribution in [0.2, 0.25) is 0 Å². The molecule has 10 heteroatoms. The van der Waals surface area contributed by atoms with Crippen molar-refractivity contribution in [1.82, 2.24) is 15.4 Å². The average Bonchev–Trinajstić information content (AvgIpc) is 2.68. The molecule has 140 valence electrons. The van der Waals surface area contributed by atoms with Gasteiger partial charge in [0.15, 0.2) is 20.4 Å². The zero-order valence-electron chi connectivity index (χ0n) is 13.7. The number of nitrogens with zero attached hydrogens (tertiary/aromatic N) is 2. The van der Waals surface area contributed by atoms with E-state index in [0.29, 0.717) is 11.4 Å². The van der Waals surface area contributed by atoms with E-state index in [0.717, 1.165) is 0 Å². The Morgan fingerprint density at radius 2 is 1.69 bits per heavy atom. The molecule has 2 N–H and O–H groups in total. The fourth-order valence-electron chi connectivity index (χ4n) is 2.88. The summed E-state index contributed by atoms with van der Waals surface area (Å²) < 4.78 is 29.6. The van der Waals surface area contributed by atoms with Gasteiger partial charge >= 0.3 is 0 Å². The first-order valence-corrected chi connectivity index (χ1v) is 9.14. The zero-order valence-corrected chi connectivity index (χ0v) is 15.3. The summed E-state index contributed by atoms with van der Waals surface area (Å²) >= 11 is 0. The van der Waals surface area contributed by atoms with Gasteiger partial charge in [0, 0.05) is 31.2 Å². The predicted molar refractivity (Wildman–Crippen MR) is 94.6 cm³/mol. The fourth-order valence-corrected chi connectivity index (χ4v) is 4.82. The van der Waals surface area contributed by atoms with Crippen LogP contribution in [0.4, 0.5) is 0 Å². The predicted octanol–water partition coefficient (Wildman–Crippen LogP) is 1.39. The van der Waals surface area contributed by atoms with Crippen LogP contribution in [0, 0.1) is 0 Å². The molecule has 1 fully saturated rings.